The number of rotatable bonds is 11. The first-order chi connectivity index (χ1) is 15.4. The van der Waals surface area contributed by atoms with Crippen LogP contribution in [0.15, 0.2) is 12.5 Å². The number of aliphatic carboxylic acids is 1. The van der Waals surface area contributed by atoms with Crippen molar-refractivity contribution in [1.29, 1.82) is 0 Å². The summed E-state index contributed by atoms with van der Waals surface area (Å²) in [6, 6.07) is -1.14. The number of thioether (sulfide) groups is 1. The number of imidazole rings is 1. The summed E-state index contributed by atoms with van der Waals surface area (Å²) < 4.78 is 0. The Bertz CT molecular complexity index is 774. The van der Waals surface area contributed by atoms with Crippen molar-refractivity contribution in [2.75, 3.05) is 31.6 Å². The number of carboxylic acids is 1. The molecule has 1 aromatic rings. The Morgan fingerprint density at radius 3 is 2.81 bits per heavy atom. The second-order valence-electron chi connectivity index (χ2n) is 8.70. The largest absolute Gasteiger partial charge is 0.480 e. The number of nitrogens with one attached hydrogen (secondary N) is 2. The van der Waals surface area contributed by atoms with Crippen molar-refractivity contribution >= 4 is 29.5 Å². The van der Waals surface area contributed by atoms with Gasteiger partial charge in [-0.15, -0.1) is 0 Å². The fraction of sp³-hybridized carbons (Fsp3) is 0.727. The monoisotopic (exact) mass is 465 g/mol. The van der Waals surface area contributed by atoms with Gasteiger partial charge in [0.1, 0.15) is 6.04 Å². The minimum Gasteiger partial charge on any atom is -0.480 e. The van der Waals surface area contributed by atoms with Crippen molar-refractivity contribution in [2.24, 2.45) is 5.92 Å². The number of likely N-dealkylation sites (tertiary alicyclic amines) is 2. The highest BCUT2D eigenvalue weighted by Crippen LogP contribution is 2.30. The van der Waals surface area contributed by atoms with E-state index in [1.165, 1.54) is 0 Å². The Hall–Kier alpha value is -2.07. The molecule has 1 aromatic heterocycles. The van der Waals surface area contributed by atoms with E-state index in [1.54, 1.807) is 24.3 Å². The van der Waals surface area contributed by atoms with Gasteiger partial charge < -0.3 is 20.3 Å². The molecule has 0 saturated carbocycles. The zero-order valence-electron chi connectivity index (χ0n) is 19.0. The molecule has 0 bridgehead atoms. The highest BCUT2D eigenvalue weighted by atomic mass is 32.2. The average Bonchev–Trinajstić information content (AvgIpc) is 3.52. The van der Waals surface area contributed by atoms with Gasteiger partial charge in [0, 0.05) is 31.0 Å². The average molecular weight is 466 g/mol. The number of carboxylic acid groups (broad SMARTS) is 1. The standard InChI is InChI=1S/C22H35N5O4S/c1-3-15-6-9-27(20(28)11-16-12-23-14-24-16)19(15)13-26-8-4-5-18(26)21(29)25-17(22(30)31)7-10-32-2/h12,14-15,17-19H,3-11,13H2,1-2H3,(H,23,24)(H,25,29)(H,30,31)/t15-,17-,18-,19+/m0/s1. The van der Waals surface area contributed by atoms with Crippen molar-refractivity contribution < 1.29 is 19.5 Å². The van der Waals surface area contributed by atoms with Crippen LogP contribution in [-0.4, -0.2) is 92.4 Å². The van der Waals surface area contributed by atoms with Crippen LogP contribution in [0.4, 0.5) is 0 Å². The number of nitrogens with zero attached hydrogens (tertiary/aromatic N) is 3. The van der Waals surface area contributed by atoms with Crippen molar-refractivity contribution in [1.82, 2.24) is 25.1 Å². The van der Waals surface area contributed by atoms with Crippen LogP contribution < -0.4 is 5.32 Å². The quantitative estimate of drug-likeness (QED) is 0.452. The molecule has 0 unspecified atom stereocenters. The summed E-state index contributed by atoms with van der Waals surface area (Å²) in [5, 5.41) is 12.2. The molecule has 3 rings (SSSR count). The van der Waals surface area contributed by atoms with Crippen molar-refractivity contribution in [3.05, 3.63) is 18.2 Å². The summed E-state index contributed by atoms with van der Waals surface area (Å²) in [4.78, 5) is 48.7. The molecule has 2 amide bonds. The lowest BCUT2D eigenvalue weighted by Gasteiger charge is -2.34. The van der Waals surface area contributed by atoms with Crippen molar-refractivity contribution in [3.8, 4) is 0 Å². The van der Waals surface area contributed by atoms with Gasteiger partial charge in [0.25, 0.3) is 0 Å². The van der Waals surface area contributed by atoms with Gasteiger partial charge in [0.05, 0.1) is 18.8 Å². The van der Waals surface area contributed by atoms with E-state index in [0.29, 0.717) is 37.5 Å². The molecular formula is C22H35N5O4S. The molecule has 3 heterocycles. The summed E-state index contributed by atoms with van der Waals surface area (Å²) in [6.07, 6.45) is 9.45. The molecule has 9 nitrogen and oxygen atoms in total. The molecule has 178 valence electrons. The zero-order valence-corrected chi connectivity index (χ0v) is 19.8. The third kappa shape index (κ3) is 6.04. The van der Waals surface area contributed by atoms with Gasteiger partial charge in [-0.05, 0) is 50.2 Å². The Morgan fingerprint density at radius 1 is 1.34 bits per heavy atom. The third-order valence-electron chi connectivity index (χ3n) is 6.74. The Balaban J connectivity index is 1.65. The first-order valence-electron chi connectivity index (χ1n) is 11.5. The maximum absolute atomic E-state index is 13.0. The fourth-order valence-corrected chi connectivity index (χ4v) is 5.41. The van der Waals surface area contributed by atoms with Gasteiger partial charge in [-0.1, -0.05) is 13.3 Å². The number of carbonyl (C=O) groups is 3. The van der Waals surface area contributed by atoms with E-state index in [-0.39, 0.29) is 23.9 Å². The Labute approximate surface area is 193 Å². The van der Waals surface area contributed by atoms with Gasteiger partial charge in [0.2, 0.25) is 11.8 Å². The lowest BCUT2D eigenvalue weighted by atomic mass is 9.96. The van der Waals surface area contributed by atoms with Crippen LogP contribution in [-0.2, 0) is 20.8 Å². The molecule has 0 aliphatic carbocycles. The molecule has 10 heteroatoms. The van der Waals surface area contributed by atoms with E-state index in [9.17, 15) is 19.5 Å². The predicted octanol–water partition coefficient (Wildman–Crippen LogP) is 1.37. The molecule has 0 aromatic carbocycles. The number of hydrogen-bond donors (Lipinski definition) is 3. The van der Waals surface area contributed by atoms with Gasteiger partial charge in [0.15, 0.2) is 0 Å². The van der Waals surface area contributed by atoms with E-state index < -0.39 is 12.0 Å². The molecule has 2 aliphatic heterocycles. The lowest BCUT2D eigenvalue weighted by Crippen LogP contribution is -2.53. The van der Waals surface area contributed by atoms with E-state index >= 15 is 0 Å². The van der Waals surface area contributed by atoms with Gasteiger partial charge in [-0.25, -0.2) is 9.78 Å². The maximum Gasteiger partial charge on any atom is 0.326 e. The zero-order chi connectivity index (χ0) is 23.1. The Morgan fingerprint density at radius 2 is 2.16 bits per heavy atom. The van der Waals surface area contributed by atoms with Gasteiger partial charge >= 0.3 is 5.97 Å². The molecule has 2 fully saturated rings. The molecule has 0 spiro atoms. The number of hydrogen-bond acceptors (Lipinski definition) is 6. The van der Waals surface area contributed by atoms with Gasteiger partial charge in [-0.3, -0.25) is 14.5 Å². The second-order valence-corrected chi connectivity index (χ2v) is 9.68. The molecular weight excluding hydrogens is 430 g/mol. The number of H-pyrrole nitrogens is 1. The first-order valence-corrected chi connectivity index (χ1v) is 12.9. The van der Waals surface area contributed by atoms with Crippen molar-refractivity contribution in [2.45, 2.75) is 63.6 Å². The maximum atomic E-state index is 13.0. The highest BCUT2D eigenvalue weighted by Gasteiger charge is 2.40. The fourth-order valence-electron chi connectivity index (χ4n) is 4.94. The van der Waals surface area contributed by atoms with Crippen LogP contribution in [0.3, 0.4) is 0 Å². The van der Waals surface area contributed by atoms with E-state index in [0.717, 1.165) is 38.0 Å². The molecule has 0 radical (unpaired) electrons. The molecule has 4 atom stereocenters. The summed E-state index contributed by atoms with van der Waals surface area (Å²) in [7, 11) is 0. The minimum absolute atomic E-state index is 0.0654. The van der Waals surface area contributed by atoms with E-state index in [2.05, 4.69) is 27.1 Å². The third-order valence-corrected chi connectivity index (χ3v) is 7.38. The summed E-state index contributed by atoms with van der Waals surface area (Å²) in [5.74, 6) is -0.0391. The lowest BCUT2D eigenvalue weighted by molar-refractivity contribution is -0.142. The smallest absolute Gasteiger partial charge is 0.326 e. The summed E-state index contributed by atoms with van der Waals surface area (Å²) >= 11 is 1.57. The molecule has 2 saturated heterocycles. The highest BCUT2D eigenvalue weighted by molar-refractivity contribution is 7.98. The normalized spacial score (nSPS) is 24.6. The van der Waals surface area contributed by atoms with Crippen LogP contribution >= 0.6 is 11.8 Å². The first kappa shape index (κ1) is 24.6. The van der Waals surface area contributed by atoms with E-state index in [1.807, 2.05) is 11.2 Å². The second kappa shape index (κ2) is 11.7. The predicted molar refractivity (Wildman–Crippen MR) is 123 cm³/mol. The number of carbonyl (C=O) groups excluding carboxylic acids is 2. The number of amides is 2. The van der Waals surface area contributed by atoms with Crippen LogP contribution in [0.5, 0.6) is 0 Å². The molecule has 2 aliphatic rings. The molecule has 3 N–H and O–H groups in total. The number of aromatic amines is 1. The van der Waals surface area contributed by atoms with Crippen LogP contribution in [0.1, 0.15) is 44.7 Å². The van der Waals surface area contributed by atoms with E-state index in [4.69, 9.17) is 0 Å². The molecule has 32 heavy (non-hydrogen) atoms. The van der Waals surface area contributed by atoms with Crippen LogP contribution in [0, 0.1) is 5.92 Å². The van der Waals surface area contributed by atoms with Gasteiger partial charge in [-0.2, -0.15) is 11.8 Å². The SMILES string of the molecule is CC[C@H]1CCN(C(=O)Cc2cnc[nH]2)[C@@H]1CN1CCC[C@H]1C(=O)N[C@@H](CCSC)C(=O)O. The number of aromatic nitrogens is 2. The van der Waals surface area contributed by atoms with Crippen LogP contribution in [0.25, 0.3) is 0 Å². The van der Waals surface area contributed by atoms with Crippen LogP contribution in [0.2, 0.25) is 0 Å². The summed E-state index contributed by atoms with van der Waals surface area (Å²) in [6.45, 7) is 4.32. The Kier molecular flexibility index (Phi) is 8.98. The topological polar surface area (TPSA) is 119 Å². The summed E-state index contributed by atoms with van der Waals surface area (Å²) in [5.41, 5.74) is 0.803. The van der Waals surface area contributed by atoms with Crippen molar-refractivity contribution in [3.63, 3.8) is 0 Å². The minimum atomic E-state index is -0.991.